The number of nitrogens with zero attached hydrogens (tertiary/aromatic N) is 1. The van der Waals surface area contributed by atoms with E-state index in [0.29, 0.717) is 18.1 Å². The fourth-order valence-corrected chi connectivity index (χ4v) is 2.57. The molecule has 6 heteroatoms. The molecule has 0 aliphatic rings. The van der Waals surface area contributed by atoms with Gasteiger partial charge in [-0.15, -0.1) is 0 Å². The van der Waals surface area contributed by atoms with Crippen molar-refractivity contribution in [2.45, 2.75) is 26.3 Å². The summed E-state index contributed by atoms with van der Waals surface area (Å²) in [5, 5.41) is 6.61. The minimum Gasteiger partial charge on any atom is -0.361 e. The third kappa shape index (κ3) is 3.89. The van der Waals surface area contributed by atoms with E-state index in [-0.39, 0.29) is 17.8 Å². The molecule has 0 spiro atoms. The van der Waals surface area contributed by atoms with E-state index in [1.807, 2.05) is 13.8 Å². The van der Waals surface area contributed by atoms with Gasteiger partial charge in [0.05, 0.1) is 10.2 Å². The van der Waals surface area contributed by atoms with Gasteiger partial charge in [-0.3, -0.25) is 4.79 Å². The van der Waals surface area contributed by atoms with Gasteiger partial charge in [-0.05, 0) is 32.0 Å². The lowest BCUT2D eigenvalue weighted by Crippen LogP contribution is -2.31. The predicted molar refractivity (Wildman–Crippen MR) is 76.0 cm³/mol. The van der Waals surface area contributed by atoms with E-state index >= 15 is 0 Å². The zero-order valence-corrected chi connectivity index (χ0v) is 11.7. The van der Waals surface area contributed by atoms with Crippen molar-refractivity contribution < 1.29 is 9.18 Å². The van der Waals surface area contributed by atoms with E-state index in [2.05, 4.69) is 15.6 Å². The van der Waals surface area contributed by atoms with Crippen LogP contribution in [-0.4, -0.2) is 23.5 Å². The molecule has 0 saturated heterocycles. The molecular formula is C13H16FN3OS. The van der Waals surface area contributed by atoms with Crippen LogP contribution < -0.4 is 10.6 Å². The van der Waals surface area contributed by atoms with Crippen molar-refractivity contribution in [3.8, 4) is 0 Å². The number of carbonyl (C=O) groups is 1. The summed E-state index contributed by atoms with van der Waals surface area (Å²) in [7, 11) is 0. The van der Waals surface area contributed by atoms with Crippen molar-refractivity contribution in [3.05, 3.63) is 24.0 Å². The summed E-state index contributed by atoms with van der Waals surface area (Å²) in [6.45, 7) is 4.36. The summed E-state index contributed by atoms with van der Waals surface area (Å²) >= 11 is 1.38. The molecule has 0 fully saturated rings. The van der Waals surface area contributed by atoms with Crippen LogP contribution in [0.5, 0.6) is 0 Å². The Morgan fingerprint density at radius 2 is 2.26 bits per heavy atom. The number of hydrogen-bond donors (Lipinski definition) is 2. The molecule has 4 nitrogen and oxygen atoms in total. The lowest BCUT2D eigenvalue weighted by Gasteiger charge is -2.08. The Morgan fingerprint density at radius 3 is 3.00 bits per heavy atom. The maximum Gasteiger partial charge on any atom is 0.221 e. The second kappa shape index (κ2) is 5.97. The molecule has 102 valence electrons. The fraction of sp³-hybridized carbons (Fsp3) is 0.385. The van der Waals surface area contributed by atoms with Gasteiger partial charge in [0.25, 0.3) is 0 Å². The molecule has 0 atom stereocenters. The first-order valence-electron chi connectivity index (χ1n) is 6.14. The molecular weight excluding hydrogens is 265 g/mol. The Bertz CT molecular complexity index is 582. The van der Waals surface area contributed by atoms with E-state index in [4.69, 9.17) is 0 Å². The molecule has 1 aromatic carbocycles. The van der Waals surface area contributed by atoms with Crippen molar-refractivity contribution in [2.75, 3.05) is 11.9 Å². The van der Waals surface area contributed by atoms with Crippen LogP contribution in [0.2, 0.25) is 0 Å². The minimum absolute atomic E-state index is 0.00894. The number of nitrogens with one attached hydrogen (secondary N) is 2. The molecule has 1 aromatic heterocycles. The van der Waals surface area contributed by atoms with Crippen LogP contribution in [0.1, 0.15) is 20.3 Å². The van der Waals surface area contributed by atoms with E-state index in [1.165, 1.54) is 23.5 Å². The molecule has 0 aliphatic carbocycles. The number of carbonyl (C=O) groups excluding carboxylic acids is 1. The van der Waals surface area contributed by atoms with Crippen LogP contribution in [0.4, 0.5) is 9.52 Å². The SMILES string of the molecule is CC(C)NC(=O)CCNc1nc2ccc(F)cc2s1. The molecule has 19 heavy (non-hydrogen) atoms. The van der Waals surface area contributed by atoms with Gasteiger partial charge < -0.3 is 10.6 Å². The number of amides is 1. The Kier molecular flexibility index (Phi) is 4.31. The first-order valence-corrected chi connectivity index (χ1v) is 6.95. The van der Waals surface area contributed by atoms with Gasteiger partial charge in [-0.25, -0.2) is 9.37 Å². The zero-order valence-electron chi connectivity index (χ0n) is 10.9. The second-order valence-electron chi connectivity index (χ2n) is 4.53. The van der Waals surface area contributed by atoms with Gasteiger partial charge in [-0.1, -0.05) is 11.3 Å². The highest BCUT2D eigenvalue weighted by atomic mass is 32.1. The molecule has 1 heterocycles. The summed E-state index contributed by atoms with van der Waals surface area (Å²) in [6.07, 6.45) is 0.391. The van der Waals surface area contributed by atoms with Crippen LogP contribution in [0.3, 0.4) is 0 Å². The summed E-state index contributed by atoms with van der Waals surface area (Å²) in [4.78, 5) is 15.8. The summed E-state index contributed by atoms with van der Waals surface area (Å²) in [5.41, 5.74) is 0.764. The van der Waals surface area contributed by atoms with E-state index in [1.54, 1.807) is 6.07 Å². The largest absolute Gasteiger partial charge is 0.361 e. The van der Waals surface area contributed by atoms with Crippen LogP contribution in [0, 0.1) is 5.82 Å². The number of rotatable bonds is 5. The highest BCUT2D eigenvalue weighted by Crippen LogP contribution is 2.26. The maximum atomic E-state index is 13.0. The van der Waals surface area contributed by atoms with Crippen LogP contribution in [0.25, 0.3) is 10.2 Å². The number of hydrogen-bond acceptors (Lipinski definition) is 4. The van der Waals surface area contributed by atoms with E-state index in [0.717, 1.165) is 10.2 Å². The zero-order chi connectivity index (χ0) is 13.8. The predicted octanol–water partition coefficient (Wildman–Crippen LogP) is 2.76. The number of aromatic nitrogens is 1. The van der Waals surface area contributed by atoms with Gasteiger partial charge in [0.2, 0.25) is 5.91 Å². The van der Waals surface area contributed by atoms with E-state index in [9.17, 15) is 9.18 Å². The lowest BCUT2D eigenvalue weighted by molar-refractivity contribution is -0.121. The van der Waals surface area contributed by atoms with Crippen molar-refractivity contribution in [2.24, 2.45) is 0 Å². The number of benzene rings is 1. The number of fused-ring (bicyclic) bond motifs is 1. The fourth-order valence-electron chi connectivity index (χ4n) is 1.65. The molecule has 2 rings (SSSR count). The maximum absolute atomic E-state index is 13.0. The standard InChI is InChI=1S/C13H16FN3OS/c1-8(2)16-12(18)5-6-15-13-17-10-4-3-9(14)7-11(10)19-13/h3-4,7-8H,5-6H2,1-2H3,(H,15,17)(H,16,18). The van der Waals surface area contributed by atoms with Gasteiger partial charge in [0.1, 0.15) is 5.82 Å². The first kappa shape index (κ1) is 13.7. The number of anilines is 1. The highest BCUT2D eigenvalue weighted by Gasteiger charge is 2.06. The topological polar surface area (TPSA) is 54.0 Å². The molecule has 0 radical (unpaired) electrons. The number of halogens is 1. The Morgan fingerprint density at radius 1 is 1.47 bits per heavy atom. The molecule has 0 aliphatic heterocycles. The molecule has 2 aromatic rings. The average molecular weight is 281 g/mol. The van der Waals surface area contributed by atoms with Crippen LogP contribution >= 0.6 is 11.3 Å². The van der Waals surface area contributed by atoms with Gasteiger partial charge >= 0.3 is 0 Å². The Labute approximate surface area is 115 Å². The molecule has 0 bridgehead atoms. The third-order valence-electron chi connectivity index (χ3n) is 2.43. The number of thiazole rings is 1. The molecule has 0 saturated carbocycles. The first-order chi connectivity index (χ1) is 9.04. The third-order valence-corrected chi connectivity index (χ3v) is 3.40. The smallest absolute Gasteiger partial charge is 0.221 e. The quantitative estimate of drug-likeness (QED) is 0.886. The van der Waals surface area contributed by atoms with Crippen molar-refractivity contribution >= 4 is 32.6 Å². The summed E-state index contributed by atoms with van der Waals surface area (Å²) < 4.78 is 13.8. The highest BCUT2D eigenvalue weighted by molar-refractivity contribution is 7.22. The summed E-state index contributed by atoms with van der Waals surface area (Å²) in [6, 6.07) is 4.65. The molecule has 0 unspecified atom stereocenters. The monoisotopic (exact) mass is 281 g/mol. The van der Waals surface area contributed by atoms with Crippen LogP contribution in [-0.2, 0) is 4.79 Å². The minimum atomic E-state index is -0.265. The Balaban J connectivity index is 1.89. The summed E-state index contributed by atoms with van der Waals surface area (Å²) in [5.74, 6) is -0.256. The molecule has 1 amide bonds. The second-order valence-corrected chi connectivity index (χ2v) is 5.56. The van der Waals surface area contributed by atoms with Crippen molar-refractivity contribution in [3.63, 3.8) is 0 Å². The Hall–Kier alpha value is -1.69. The lowest BCUT2D eigenvalue weighted by atomic mass is 10.3. The molecule has 2 N–H and O–H groups in total. The van der Waals surface area contributed by atoms with Crippen molar-refractivity contribution in [1.29, 1.82) is 0 Å². The van der Waals surface area contributed by atoms with Crippen LogP contribution in [0.15, 0.2) is 18.2 Å². The van der Waals surface area contributed by atoms with Gasteiger partial charge in [0, 0.05) is 19.0 Å². The van der Waals surface area contributed by atoms with E-state index < -0.39 is 0 Å². The normalized spacial score (nSPS) is 10.9. The van der Waals surface area contributed by atoms with Gasteiger partial charge in [0.15, 0.2) is 5.13 Å². The van der Waals surface area contributed by atoms with Gasteiger partial charge in [-0.2, -0.15) is 0 Å². The van der Waals surface area contributed by atoms with Crippen molar-refractivity contribution in [1.82, 2.24) is 10.3 Å². The average Bonchev–Trinajstić information content (AvgIpc) is 2.69.